The van der Waals surface area contributed by atoms with Gasteiger partial charge in [0.15, 0.2) is 0 Å². The molecule has 1 fully saturated rings. The van der Waals surface area contributed by atoms with Gasteiger partial charge in [-0.05, 0) is 37.4 Å². The van der Waals surface area contributed by atoms with Crippen molar-refractivity contribution in [2.45, 2.75) is 39.4 Å². The molecule has 0 amide bonds. The summed E-state index contributed by atoms with van der Waals surface area (Å²) in [6.07, 6.45) is 3.13. The van der Waals surface area contributed by atoms with E-state index in [9.17, 15) is 9.90 Å². The van der Waals surface area contributed by atoms with Crippen LogP contribution in [-0.4, -0.2) is 33.1 Å². The third-order valence-electron chi connectivity index (χ3n) is 4.64. The van der Waals surface area contributed by atoms with Crippen LogP contribution in [0.15, 0.2) is 30.5 Å². The Bertz CT molecular complexity index is 662. The molecule has 112 valence electrons. The van der Waals surface area contributed by atoms with Gasteiger partial charge >= 0.3 is 5.97 Å². The van der Waals surface area contributed by atoms with Gasteiger partial charge in [-0.2, -0.15) is 0 Å². The van der Waals surface area contributed by atoms with E-state index in [1.807, 2.05) is 13.0 Å². The molecular formula is C17H22N2O2. The van der Waals surface area contributed by atoms with Crippen LogP contribution in [0, 0.1) is 5.92 Å². The quantitative estimate of drug-likeness (QED) is 0.940. The number of fused-ring (bicyclic) bond motifs is 1. The zero-order valence-corrected chi connectivity index (χ0v) is 12.6. The first kappa shape index (κ1) is 14.1. The van der Waals surface area contributed by atoms with Crippen LogP contribution in [0.2, 0.25) is 0 Å². The Balaban J connectivity index is 1.93. The molecule has 2 heterocycles. The van der Waals surface area contributed by atoms with Gasteiger partial charge in [0.1, 0.15) is 6.04 Å². The maximum Gasteiger partial charge on any atom is 0.321 e. The Labute approximate surface area is 125 Å². The van der Waals surface area contributed by atoms with Crippen LogP contribution in [-0.2, 0) is 17.9 Å². The van der Waals surface area contributed by atoms with E-state index < -0.39 is 5.97 Å². The molecule has 2 unspecified atom stereocenters. The van der Waals surface area contributed by atoms with Crippen LogP contribution in [0.25, 0.3) is 10.9 Å². The summed E-state index contributed by atoms with van der Waals surface area (Å²) >= 11 is 0. The average Bonchev–Trinajstić information content (AvgIpc) is 3.01. The highest BCUT2D eigenvalue weighted by molar-refractivity contribution is 5.84. The number of carboxylic acids is 1. The largest absolute Gasteiger partial charge is 0.480 e. The van der Waals surface area contributed by atoms with Gasteiger partial charge in [-0.3, -0.25) is 9.69 Å². The minimum Gasteiger partial charge on any atom is -0.480 e. The van der Waals surface area contributed by atoms with Crippen molar-refractivity contribution in [2.75, 3.05) is 6.54 Å². The molecule has 3 rings (SSSR count). The standard InChI is InChI=1S/C17H22N2O2/c1-3-18-10-13(14-6-4-5-7-15(14)18)11-19-9-8-12(2)16(19)17(20)21/h4-7,10,12,16H,3,8-9,11H2,1-2H3,(H,20,21). The molecule has 1 saturated heterocycles. The predicted molar refractivity (Wildman–Crippen MR) is 83.2 cm³/mol. The molecular weight excluding hydrogens is 264 g/mol. The van der Waals surface area contributed by atoms with Crippen molar-refractivity contribution >= 4 is 16.9 Å². The molecule has 0 spiro atoms. The van der Waals surface area contributed by atoms with Gasteiger partial charge in [0.2, 0.25) is 0 Å². The second-order valence-corrected chi connectivity index (χ2v) is 5.98. The first-order chi connectivity index (χ1) is 10.1. The Kier molecular flexibility index (Phi) is 3.72. The molecule has 1 aliphatic rings. The highest BCUT2D eigenvalue weighted by Gasteiger charge is 2.36. The number of para-hydroxylation sites is 1. The summed E-state index contributed by atoms with van der Waals surface area (Å²) in [7, 11) is 0. The molecule has 0 saturated carbocycles. The highest BCUT2D eigenvalue weighted by atomic mass is 16.4. The van der Waals surface area contributed by atoms with Gasteiger partial charge in [0, 0.05) is 30.2 Å². The number of benzene rings is 1. The average molecular weight is 286 g/mol. The maximum atomic E-state index is 11.5. The summed E-state index contributed by atoms with van der Waals surface area (Å²) in [5, 5.41) is 10.7. The van der Waals surface area contributed by atoms with Crippen molar-refractivity contribution in [1.29, 1.82) is 0 Å². The van der Waals surface area contributed by atoms with E-state index in [4.69, 9.17) is 0 Å². The summed E-state index contributed by atoms with van der Waals surface area (Å²) in [6.45, 7) is 6.68. The fourth-order valence-corrected chi connectivity index (χ4v) is 3.53. The molecule has 0 bridgehead atoms. The number of hydrogen-bond donors (Lipinski definition) is 1. The monoisotopic (exact) mass is 286 g/mol. The number of likely N-dealkylation sites (tertiary alicyclic amines) is 1. The Morgan fingerprint density at radius 1 is 1.38 bits per heavy atom. The van der Waals surface area contributed by atoms with Crippen LogP contribution >= 0.6 is 0 Å². The van der Waals surface area contributed by atoms with Crippen molar-refractivity contribution in [3.8, 4) is 0 Å². The number of hydrogen-bond acceptors (Lipinski definition) is 2. The Morgan fingerprint density at radius 3 is 2.86 bits per heavy atom. The highest BCUT2D eigenvalue weighted by Crippen LogP contribution is 2.29. The maximum absolute atomic E-state index is 11.5. The van der Waals surface area contributed by atoms with Crippen LogP contribution in [0.5, 0.6) is 0 Å². The molecule has 4 nitrogen and oxygen atoms in total. The summed E-state index contributed by atoms with van der Waals surface area (Å²) in [5.41, 5.74) is 2.46. The lowest BCUT2D eigenvalue weighted by Gasteiger charge is -2.22. The van der Waals surface area contributed by atoms with Gasteiger partial charge in [-0.25, -0.2) is 0 Å². The third kappa shape index (κ3) is 2.44. The SMILES string of the molecule is CCn1cc(CN2CCC(C)C2C(=O)O)c2ccccc21. The van der Waals surface area contributed by atoms with Crippen molar-refractivity contribution in [3.63, 3.8) is 0 Å². The van der Waals surface area contributed by atoms with Crippen LogP contribution in [0.1, 0.15) is 25.8 Å². The van der Waals surface area contributed by atoms with E-state index in [1.165, 1.54) is 16.5 Å². The second kappa shape index (κ2) is 5.53. The van der Waals surface area contributed by atoms with Gasteiger partial charge in [-0.15, -0.1) is 0 Å². The number of aliphatic carboxylic acids is 1. The molecule has 4 heteroatoms. The first-order valence-corrected chi connectivity index (χ1v) is 7.65. The Hall–Kier alpha value is -1.81. The van der Waals surface area contributed by atoms with E-state index in [2.05, 4.69) is 40.8 Å². The zero-order valence-electron chi connectivity index (χ0n) is 12.6. The number of nitrogens with zero attached hydrogens (tertiary/aromatic N) is 2. The molecule has 1 aromatic carbocycles. The van der Waals surface area contributed by atoms with E-state index in [0.717, 1.165) is 26.1 Å². The van der Waals surface area contributed by atoms with Gasteiger partial charge < -0.3 is 9.67 Å². The molecule has 2 aromatic rings. The molecule has 2 atom stereocenters. The topological polar surface area (TPSA) is 45.5 Å². The molecule has 0 radical (unpaired) electrons. The van der Waals surface area contributed by atoms with Crippen molar-refractivity contribution in [2.24, 2.45) is 5.92 Å². The van der Waals surface area contributed by atoms with Crippen LogP contribution in [0.4, 0.5) is 0 Å². The molecule has 21 heavy (non-hydrogen) atoms. The summed E-state index contributed by atoms with van der Waals surface area (Å²) in [4.78, 5) is 13.6. The second-order valence-electron chi connectivity index (χ2n) is 5.98. The van der Waals surface area contributed by atoms with E-state index >= 15 is 0 Å². The molecule has 1 N–H and O–H groups in total. The smallest absolute Gasteiger partial charge is 0.321 e. The van der Waals surface area contributed by atoms with Crippen LogP contribution in [0.3, 0.4) is 0 Å². The molecule has 0 aliphatic carbocycles. The number of aryl methyl sites for hydroxylation is 1. The predicted octanol–water partition coefficient (Wildman–Crippen LogP) is 2.96. The minimum absolute atomic E-state index is 0.224. The number of carbonyl (C=O) groups is 1. The van der Waals surface area contributed by atoms with Crippen molar-refractivity contribution in [1.82, 2.24) is 9.47 Å². The molecule has 1 aliphatic heterocycles. The Morgan fingerprint density at radius 2 is 2.14 bits per heavy atom. The van der Waals surface area contributed by atoms with Gasteiger partial charge in [-0.1, -0.05) is 25.1 Å². The molecule has 1 aromatic heterocycles. The lowest BCUT2D eigenvalue weighted by molar-refractivity contribution is -0.143. The summed E-state index contributed by atoms with van der Waals surface area (Å²) < 4.78 is 2.24. The first-order valence-electron chi connectivity index (χ1n) is 7.65. The van der Waals surface area contributed by atoms with E-state index in [0.29, 0.717) is 0 Å². The van der Waals surface area contributed by atoms with E-state index in [-0.39, 0.29) is 12.0 Å². The van der Waals surface area contributed by atoms with Gasteiger partial charge in [0.05, 0.1) is 0 Å². The lowest BCUT2D eigenvalue weighted by Crippen LogP contribution is -2.38. The summed E-state index contributed by atoms with van der Waals surface area (Å²) in [6, 6.07) is 8.01. The minimum atomic E-state index is -0.695. The van der Waals surface area contributed by atoms with Crippen molar-refractivity contribution in [3.05, 3.63) is 36.0 Å². The van der Waals surface area contributed by atoms with Crippen molar-refractivity contribution < 1.29 is 9.90 Å². The van der Waals surface area contributed by atoms with Gasteiger partial charge in [0.25, 0.3) is 0 Å². The van der Waals surface area contributed by atoms with Crippen LogP contribution < -0.4 is 0 Å². The van der Waals surface area contributed by atoms with E-state index in [1.54, 1.807) is 0 Å². The number of aromatic nitrogens is 1. The third-order valence-corrected chi connectivity index (χ3v) is 4.64. The number of carboxylic acid groups (broad SMARTS) is 1. The number of rotatable bonds is 4. The fourth-order valence-electron chi connectivity index (χ4n) is 3.53. The summed E-state index contributed by atoms with van der Waals surface area (Å²) in [5.74, 6) is -0.471. The zero-order chi connectivity index (χ0) is 15.0. The normalized spacial score (nSPS) is 23.0. The fraction of sp³-hybridized carbons (Fsp3) is 0.471. The lowest BCUT2D eigenvalue weighted by atomic mass is 10.0.